The number of aromatic nitrogens is 2. The second-order valence-corrected chi connectivity index (χ2v) is 8.11. The maximum Gasteiger partial charge on any atom is 0.231 e. The van der Waals surface area contributed by atoms with Crippen molar-refractivity contribution in [2.24, 2.45) is 7.05 Å². The minimum Gasteiger partial charge on any atom is -0.497 e. The molecule has 0 aliphatic carbocycles. The third-order valence-electron chi connectivity index (χ3n) is 4.39. The van der Waals surface area contributed by atoms with Gasteiger partial charge in [0.15, 0.2) is 5.82 Å². The van der Waals surface area contributed by atoms with Crippen molar-refractivity contribution in [3.8, 4) is 5.75 Å². The van der Waals surface area contributed by atoms with Gasteiger partial charge in [-0.3, -0.25) is 14.2 Å². The molecule has 1 aliphatic rings. The van der Waals surface area contributed by atoms with Crippen LogP contribution in [0, 0.1) is 0 Å². The average molecular weight is 378 g/mol. The fourth-order valence-electron chi connectivity index (χ4n) is 3.09. The third kappa shape index (κ3) is 3.98. The van der Waals surface area contributed by atoms with Gasteiger partial charge < -0.3 is 9.64 Å². The highest BCUT2D eigenvalue weighted by atomic mass is 32.2. The number of carbonyl (C=O) groups is 1. The van der Waals surface area contributed by atoms with Gasteiger partial charge in [0.25, 0.3) is 0 Å². The zero-order valence-corrected chi connectivity index (χ0v) is 15.8. The van der Waals surface area contributed by atoms with Crippen LogP contribution in [0.15, 0.2) is 24.3 Å². The average Bonchev–Trinajstić information content (AvgIpc) is 2.89. The van der Waals surface area contributed by atoms with Crippen molar-refractivity contribution in [3.05, 3.63) is 41.1 Å². The lowest BCUT2D eigenvalue weighted by Gasteiger charge is -2.27. The molecule has 1 amide bonds. The zero-order chi connectivity index (χ0) is 18.9. The van der Waals surface area contributed by atoms with Crippen LogP contribution in [-0.2, 0) is 41.3 Å². The van der Waals surface area contributed by atoms with Gasteiger partial charge in [-0.25, -0.2) is 8.42 Å². The van der Waals surface area contributed by atoms with Crippen molar-refractivity contribution in [1.29, 1.82) is 0 Å². The molecule has 1 aromatic carbocycles. The summed E-state index contributed by atoms with van der Waals surface area (Å²) in [6.45, 7) is 0.926. The number of hydrogen-bond donors (Lipinski definition) is 1. The first-order valence-electron chi connectivity index (χ1n) is 8.20. The van der Waals surface area contributed by atoms with Crippen molar-refractivity contribution in [2.45, 2.75) is 19.4 Å². The number of methoxy groups -OCH3 is 1. The minimum absolute atomic E-state index is 0.00465. The zero-order valence-electron chi connectivity index (χ0n) is 15.0. The third-order valence-corrected chi connectivity index (χ3v) is 4.96. The Bertz CT molecular complexity index is 919. The van der Waals surface area contributed by atoms with Crippen molar-refractivity contribution < 1.29 is 17.9 Å². The monoisotopic (exact) mass is 378 g/mol. The summed E-state index contributed by atoms with van der Waals surface area (Å²) in [6, 6.07) is 7.39. The van der Waals surface area contributed by atoms with Gasteiger partial charge in [-0.05, 0) is 17.7 Å². The highest BCUT2D eigenvalue weighted by Crippen LogP contribution is 2.26. The fourth-order valence-corrected chi connectivity index (χ4v) is 3.61. The number of anilines is 1. The SMILES string of the molecule is COc1ccc(CC(=O)N2CCc3c(c(NS(C)(=O)=O)nn3C)C2)cc1. The number of nitrogens with zero attached hydrogens (tertiary/aromatic N) is 3. The van der Waals surface area contributed by atoms with Gasteiger partial charge >= 0.3 is 0 Å². The number of hydrogen-bond acceptors (Lipinski definition) is 5. The second-order valence-electron chi connectivity index (χ2n) is 6.36. The van der Waals surface area contributed by atoms with E-state index in [1.54, 1.807) is 23.7 Å². The van der Waals surface area contributed by atoms with Crippen molar-refractivity contribution in [3.63, 3.8) is 0 Å². The summed E-state index contributed by atoms with van der Waals surface area (Å²) in [6.07, 6.45) is 2.01. The van der Waals surface area contributed by atoms with Crippen LogP contribution >= 0.6 is 0 Å². The molecule has 9 heteroatoms. The Balaban J connectivity index is 1.75. The van der Waals surface area contributed by atoms with Crippen molar-refractivity contribution in [1.82, 2.24) is 14.7 Å². The summed E-state index contributed by atoms with van der Waals surface area (Å²) in [5.41, 5.74) is 2.61. The van der Waals surface area contributed by atoms with E-state index in [0.717, 1.165) is 28.8 Å². The number of ether oxygens (including phenoxy) is 1. The first-order valence-corrected chi connectivity index (χ1v) is 10.1. The minimum atomic E-state index is -3.43. The van der Waals surface area contributed by atoms with Gasteiger partial charge in [-0.2, -0.15) is 5.10 Å². The molecule has 0 unspecified atom stereocenters. The molecule has 0 fully saturated rings. The van der Waals surface area contributed by atoms with Crippen LogP contribution in [0.1, 0.15) is 16.8 Å². The van der Waals surface area contributed by atoms with Crippen LogP contribution < -0.4 is 9.46 Å². The number of benzene rings is 1. The lowest BCUT2D eigenvalue weighted by molar-refractivity contribution is -0.131. The fraction of sp³-hybridized carbons (Fsp3) is 0.412. The number of nitrogens with one attached hydrogen (secondary N) is 1. The Hall–Kier alpha value is -2.55. The molecule has 2 aromatic rings. The van der Waals surface area contributed by atoms with Crippen LogP contribution in [0.4, 0.5) is 5.82 Å². The molecule has 140 valence electrons. The Labute approximate surface area is 152 Å². The molecule has 3 rings (SSSR count). The number of carbonyl (C=O) groups excluding carboxylic acids is 1. The van der Waals surface area contributed by atoms with Crippen LogP contribution in [0.25, 0.3) is 0 Å². The van der Waals surface area contributed by atoms with Gasteiger partial charge in [-0.15, -0.1) is 0 Å². The van der Waals surface area contributed by atoms with E-state index in [1.807, 2.05) is 24.3 Å². The normalized spacial score (nSPS) is 14.0. The molecule has 26 heavy (non-hydrogen) atoms. The molecule has 8 nitrogen and oxygen atoms in total. The van der Waals surface area contributed by atoms with Gasteiger partial charge in [0.2, 0.25) is 15.9 Å². The van der Waals surface area contributed by atoms with Crippen LogP contribution in [0.3, 0.4) is 0 Å². The Morgan fingerprint density at radius 1 is 1.31 bits per heavy atom. The highest BCUT2D eigenvalue weighted by molar-refractivity contribution is 7.92. The topological polar surface area (TPSA) is 93.5 Å². The van der Waals surface area contributed by atoms with E-state index in [0.29, 0.717) is 25.3 Å². The van der Waals surface area contributed by atoms with E-state index in [4.69, 9.17) is 4.74 Å². The van der Waals surface area contributed by atoms with Crippen LogP contribution in [-0.4, -0.2) is 48.9 Å². The number of rotatable bonds is 5. The molecule has 0 spiro atoms. The number of amides is 1. The Morgan fingerprint density at radius 2 is 2.00 bits per heavy atom. The van der Waals surface area contributed by atoms with E-state index in [2.05, 4.69) is 9.82 Å². The van der Waals surface area contributed by atoms with Gasteiger partial charge in [0.1, 0.15) is 5.75 Å². The largest absolute Gasteiger partial charge is 0.497 e. The van der Waals surface area contributed by atoms with E-state index < -0.39 is 10.0 Å². The molecular formula is C17H22N4O4S. The van der Waals surface area contributed by atoms with Crippen molar-refractivity contribution in [2.75, 3.05) is 24.6 Å². The highest BCUT2D eigenvalue weighted by Gasteiger charge is 2.27. The lowest BCUT2D eigenvalue weighted by Crippen LogP contribution is -2.37. The van der Waals surface area contributed by atoms with Gasteiger partial charge in [-0.1, -0.05) is 12.1 Å². The molecular weight excluding hydrogens is 356 g/mol. The van der Waals surface area contributed by atoms with Gasteiger partial charge in [0.05, 0.1) is 26.3 Å². The maximum atomic E-state index is 12.7. The second kappa shape index (κ2) is 6.99. The summed E-state index contributed by atoms with van der Waals surface area (Å²) in [4.78, 5) is 14.4. The summed E-state index contributed by atoms with van der Waals surface area (Å²) in [5, 5.41) is 4.25. The lowest BCUT2D eigenvalue weighted by atomic mass is 10.1. The predicted molar refractivity (Wildman–Crippen MR) is 97.5 cm³/mol. The summed E-state index contributed by atoms with van der Waals surface area (Å²) < 4.78 is 32.3. The van der Waals surface area contributed by atoms with Crippen LogP contribution in [0.5, 0.6) is 5.75 Å². The Morgan fingerprint density at radius 3 is 2.62 bits per heavy atom. The molecule has 1 aromatic heterocycles. The van der Waals surface area contributed by atoms with E-state index in [1.165, 1.54) is 0 Å². The molecule has 0 radical (unpaired) electrons. The quantitative estimate of drug-likeness (QED) is 0.835. The molecule has 1 aliphatic heterocycles. The molecule has 2 heterocycles. The smallest absolute Gasteiger partial charge is 0.231 e. The molecule has 0 saturated carbocycles. The van der Waals surface area contributed by atoms with Gasteiger partial charge in [0, 0.05) is 31.3 Å². The first-order chi connectivity index (χ1) is 12.3. The number of fused-ring (bicyclic) bond motifs is 1. The Kier molecular flexibility index (Phi) is 4.90. The molecule has 0 saturated heterocycles. The van der Waals surface area contributed by atoms with E-state index in [-0.39, 0.29) is 12.3 Å². The van der Waals surface area contributed by atoms with E-state index >= 15 is 0 Å². The molecule has 0 bridgehead atoms. The predicted octanol–water partition coefficient (Wildman–Crippen LogP) is 0.928. The molecule has 1 N–H and O–H groups in total. The summed E-state index contributed by atoms with van der Waals surface area (Å²) in [7, 11) is -0.0538. The first kappa shape index (κ1) is 18.2. The van der Waals surface area contributed by atoms with Crippen LogP contribution in [0.2, 0.25) is 0 Å². The molecule has 0 atom stereocenters. The summed E-state index contributed by atoms with van der Waals surface area (Å²) in [5.74, 6) is 1.04. The van der Waals surface area contributed by atoms with Crippen molar-refractivity contribution >= 4 is 21.7 Å². The summed E-state index contributed by atoms with van der Waals surface area (Å²) >= 11 is 0. The number of sulfonamides is 1. The van der Waals surface area contributed by atoms with E-state index in [9.17, 15) is 13.2 Å². The maximum absolute atomic E-state index is 12.7. The standard InChI is InChI=1S/C17H22N4O4S/c1-20-15-8-9-21(11-14(15)17(18-20)19-26(3,23)24)16(22)10-12-4-6-13(25-2)7-5-12/h4-7H,8-11H2,1-3H3,(H,18,19). The number of aryl methyl sites for hydroxylation is 1.